The number of hydrogen-bond acceptors (Lipinski definition) is 5. The third-order valence-corrected chi connectivity index (χ3v) is 3.06. The Labute approximate surface area is 115 Å². The van der Waals surface area contributed by atoms with Gasteiger partial charge in [0, 0.05) is 6.54 Å². The molecule has 0 spiro atoms. The number of benzene rings is 1. The van der Waals surface area contributed by atoms with Gasteiger partial charge in [-0.25, -0.2) is 17.9 Å². The summed E-state index contributed by atoms with van der Waals surface area (Å²) in [5.41, 5.74) is 0. The van der Waals surface area contributed by atoms with Crippen LogP contribution in [-0.4, -0.2) is 27.5 Å². The lowest BCUT2D eigenvalue weighted by molar-refractivity contribution is -0.123. The molecule has 1 amide bonds. The zero-order chi connectivity index (χ0) is 15.2. The normalized spacial score (nSPS) is 10.7. The zero-order valence-electron chi connectivity index (χ0n) is 10.3. The number of nitriles is 1. The highest BCUT2D eigenvalue weighted by atomic mass is 32.2. The molecule has 0 heterocycles. The largest absolute Gasteiger partial charge is 0.481 e. The minimum atomic E-state index is -3.99. The van der Waals surface area contributed by atoms with Crippen molar-refractivity contribution in [1.82, 2.24) is 5.32 Å². The van der Waals surface area contributed by atoms with Gasteiger partial charge in [0.1, 0.15) is 0 Å². The fourth-order valence-corrected chi connectivity index (χ4v) is 1.75. The zero-order valence-corrected chi connectivity index (χ0v) is 11.1. The number of hydrogen-bond donors (Lipinski definition) is 2. The minimum Gasteiger partial charge on any atom is -0.481 e. The Morgan fingerprint density at radius 2 is 2.20 bits per heavy atom. The summed E-state index contributed by atoms with van der Waals surface area (Å²) in [5, 5.41) is 15.5. The number of primary sulfonamides is 1. The van der Waals surface area contributed by atoms with Crippen molar-refractivity contribution >= 4 is 15.9 Å². The van der Waals surface area contributed by atoms with Gasteiger partial charge in [-0.15, -0.1) is 0 Å². The van der Waals surface area contributed by atoms with Gasteiger partial charge in [0.05, 0.1) is 17.4 Å². The van der Waals surface area contributed by atoms with Gasteiger partial charge < -0.3 is 10.1 Å². The first-order valence-corrected chi connectivity index (χ1v) is 6.98. The van der Waals surface area contributed by atoms with Crippen molar-refractivity contribution in [3.8, 4) is 11.8 Å². The highest BCUT2D eigenvalue weighted by Crippen LogP contribution is 2.20. The van der Waals surface area contributed by atoms with E-state index in [-0.39, 0.29) is 23.6 Å². The SMILES string of the molecule is N#CCCNC(=O)COc1ccc(S(N)(=O)=O)cc1F. The van der Waals surface area contributed by atoms with Crippen molar-refractivity contribution in [2.45, 2.75) is 11.3 Å². The Hall–Kier alpha value is -2.18. The van der Waals surface area contributed by atoms with E-state index in [1.54, 1.807) is 0 Å². The highest BCUT2D eigenvalue weighted by Gasteiger charge is 2.13. The van der Waals surface area contributed by atoms with Crippen LogP contribution in [-0.2, 0) is 14.8 Å². The van der Waals surface area contributed by atoms with Crippen molar-refractivity contribution in [1.29, 1.82) is 5.26 Å². The number of nitrogens with one attached hydrogen (secondary N) is 1. The van der Waals surface area contributed by atoms with E-state index >= 15 is 0 Å². The first-order chi connectivity index (χ1) is 9.34. The summed E-state index contributed by atoms with van der Waals surface area (Å²) in [4.78, 5) is 10.9. The number of nitrogens with zero attached hydrogens (tertiary/aromatic N) is 1. The lowest BCUT2D eigenvalue weighted by Crippen LogP contribution is -2.29. The molecule has 1 rings (SSSR count). The van der Waals surface area contributed by atoms with Gasteiger partial charge in [-0.3, -0.25) is 4.79 Å². The standard InChI is InChI=1S/C11H12FN3O4S/c12-9-6-8(20(14,17)18)2-3-10(9)19-7-11(16)15-5-1-4-13/h2-3,6H,1,5,7H2,(H,15,16)(H2,14,17,18). The molecule has 1 aromatic rings. The molecule has 1 aromatic carbocycles. The molecule has 9 heteroatoms. The number of carbonyl (C=O) groups excluding carboxylic acids is 1. The van der Waals surface area contributed by atoms with Crippen LogP contribution in [0.4, 0.5) is 4.39 Å². The second kappa shape index (κ2) is 6.83. The number of amides is 1. The van der Waals surface area contributed by atoms with Crippen LogP contribution in [0.3, 0.4) is 0 Å². The van der Waals surface area contributed by atoms with E-state index in [4.69, 9.17) is 15.1 Å². The lowest BCUT2D eigenvalue weighted by Gasteiger charge is -2.08. The van der Waals surface area contributed by atoms with Gasteiger partial charge in [-0.2, -0.15) is 5.26 Å². The maximum atomic E-state index is 13.5. The summed E-state index contributed by atoms with van der Waals surface area (Å²) in [6, 6.07) is 4.69. The Morgan fingerprint density at radius 3 is 2.75 bits per heavy atom. The number of ether oxygens (including phenoxy) is 1. The van der Waals surface area contributed by atoms with Gasteiger partial charge in [-0.1, -0.05) is 0 Å². The quantitative estimate of drug-likeness (QED) is 0.709. The van der Waals surface area contributed by atoms with Gasteiger partial charge in [-0.05, 0) is 18.2 Å². The van der Waals surface area contributed by atoms with Gasteiger partial charge in [0.15, 0.2) is 18.2 Å². The summed E-state index contributed by atoms with van der Waals surface area (Å²) in [6.45, 7) is -0.275. The second-order valence-electron chi connectivity index (χ2n) is 3.68. The number of sulfonamides is 1. The van der Waals surface area contributed by atoms with E-state index < -0.39 is 28.4 Å². The molecule has 108 valence electrons. The molecule has 0 atom stereocenters. The second-order valence-corrected chi connectivity index (χ2v) is 5.25. The molecule has 0 unspecified atom stereocenters. The molecule has 0 aliphatic carbocycles. The van der Waals surface area contributed by atoms with Gasteiger partial charge in [0.2, 0.25) is 10.0 Å². The topological polar surface area (TPSA) is 122 Å². The van der Waals surface area contributed by atoms with E-state index in [0.717, 1.165) is 12.1 Å². The molecule has 0 aromatic heterocycles. The Kier molecular flexibility index (Phi) is 5.42. The first kappa shape index (κ1) is 15.9. The van der Waals surface area contributed by atoms with Gasteiger partial charge >= 0.3 is 0 Å². The van der Waals surface area contributed by atoms with E-state index in [1.807, 2.05) is 6.07 Å². The fraction of sp³-hybridized carbons (Fsp3) is 0.273. The summed E-state index contributed by atoms with van der Waals surface area (Å²) in [6.07, 6.45) is 0.156. The highest BCUT2D eigenvalue weighted by molar-refractivity contribution is 7.89. The third kappa shape index (κ3) is 4.83. The van der Waals surface area contributed by atoms with Crippen LogP contribution in [0.2, 0.25) is 0 Å². The third-order valence-electron chi connectivity index (χ3n) is 2.15. The van der Waals surface area contributed by atoms with Crippen molar-refractivity contribution in [3.05, 3.63) is 24.0 Å². The van der Waals surface area contributed by atoms with Crippen LogP contribution in [0.1, 0.15) is 6.42 Å². The molecule has 0 bridgehead atoms. The van der Waals surface area contributed by atoms with Crippen molar-refractivity contribution < 1.29 is 22.3 Å². The average Bonchev–Trinajstić information content (AvgIpc) is 2.36. The minimum absolute atomic E-state index is 0.156. The summed E-state index contributed by atoms with van der Waals surface area (Å²) < 4.78 is 40.4. The molecule has 0 saturated heterocycles. The molecule has 0 radical (unpaired) electrons. The predicted molar refractivity (Wildman–Crippen MR) is 66.5 cm³/mol. The Bertz CT molecular complexity index is 640. The van der Waals surface area contributed by atoms with Crippen LogP contribution >= 0.6 is 0 Å². The molecule has 0 aliphatic rings. The summed E-state index contributed by atoms with van der Waals surface area (Å²) in [5.74, 6) is -1.73. The summed E-state index contributed by atoms with van der Waals surface area (Å²) >= 11 is 0. The number of rotatable bonds is 6. The van der Waals surface area contributed by atoms with Crippen molar-refractivity contribution in [3.63, 3.8) is 0 Å². The number of nitrogens with two attached hydrogens (primary N) is 1. The number of carbonyl (C=O) groups is 1. The molecule has 0 fully saturated rings. The van der Waals surface area contributed by atoms with Crippen LogP contribution < -0.4 is 15.2 Å². The van der Waals surface area contributed by atoms with Crippen molar-refractivity contribution in [2.24, 2.45) is 5.14 Å². The Morgan fingerprint density at radius 1 is 1.50 bits per heavy atom. The van der Waals surface area contributed by atoms with Gasteiger partial charge in [0.25, 0.3) is 5.91 Å². The molecule has 0 aliphatic heterocycles. The van der Waals surface area contributed by atoms with Crippen LogP contribution in [0.15, 0.2) is 23.1 Å². The first-order valence-electron chi connectivity index (χ1n) is 5.43. The van der Waals surface area contributed by atoms with E-state index in [1.165, 1.54) is 0 Å². The van der Waals surface area contributed by atoms with E-state index in [0.29, 0.717) is 6.07 Å². The molecule has 0 saturated carbocycles. The summed E-state index contributed by atoms with van der Waals surface area (Å²) in [7, 11) is -3.99. The lowest BCUT2D eigenvalue weighted by atomic mass is 10.3. The maximum absolute atomic E-state index is 13.5. The number of halogens is 1. The molecule has 20 heavy (non-hydrogen) atoms. The molecular formula is C11H12FN3O4S. The smallest absolute Gasteiger partial charge is 0.257 e. The van der Waals surface area contributed by atoms with E-state index in [9.17, 15) is 17.6 Å². The molecule has 3 N–H and O–H groups in total. The Balaban J connectivity index is 2.62. The maximum Gasteiger partial charge on any atom is 0.257 e. The van der Waals surface area contributed by atoms with E-state index in [2.05, 4.69) is 5.32 Å². The molecular weight excluding hydrogens is 289 g/mol. The van der Waals surface area contributed by atoms with Crippen LogP contribution in [0.25, 0.3) is 0 Å². The molecule has 7 nitrogen and oxygen atoms in total. The average molecular weight is 301 g/mol. The van der Waals surface area contributed by atoms with Crippen molar-refractivity contribution in [2.75, 3.05) is 13.2 Å². The van der Waals surface area contributed by atoms with Crippen LogP contribution in [0, 0.1) is 17.1 Å². The predicted octanol–water partition coefficient (Wildman–Crippen LogP) is -0.118. The fourth-order valence-electron chi connectivity index (χ4n) is 1.23. The van der Waals surface area contributed by atoms with Crippen LogP contribution in [0.5, 0.6) is 5.75 Å². The monoisotopic (exact) mass is 301 g/mol.